The molecule has 0 saturated carbocycles. The number of carbonyl (C=O) groups is 4. The molecule has 4 unspecified atom stereocenters. The third-order valence-electron chi connectivity index (χ3n) is 4.87. The number of esters is 2. The minimum Gasteiger partial charge on any atom is -0.459 e. The molecule has 1 rings (SSSR count). The summed E-state index contributed by atoms with van der Waals surface area (Å²) in [5.41, 5.74) is -3.56. The Morgan fingerprint density at radius 1 is 0.794 bits per heavy atom. The Hall–Kier alpha value is -3.18. The number of aliphatic hydroxyl groups is 4. The first-order valence-corrected chi connectivity index (χ1v) is 10.3. The maximum Gasteiger partial charge on any atom is 0.338 e. The predicted molar refractivity (Wildman–Crippen MR) is 120 cm³/mol. The van der Waals surface area contributed by atoms with E-state index in [9.17, 15) is 39.6 Å². The van der Waals surface area contributed by atoms with E-state index in [2.05, 4.69) is 13.2 Å². The Morgan fingerprint density at radius 2 is 1.09 bits per heavy atom. The highest BCUT2D eigenvalue weighted by molar-refractivity contribution is 5.96. The van der Waals surface area contributed by atoms with Crippen molar-refractivity contribution in [2.45, 2.75) is 50.1 Å². The number of rotatable bonds is 14. The van der Waals surface area contributed by atoms with E-state index < -0.39 is 60.1 Å². The van der Waals surface area contributed by atoms with E-state index in [-0.39, 0.29) is 24.0 Å². The molecule has 1 aromatic rings. The molecule has 0 amide bonds. The van der Waals surface area contributed by atoms with Crippen LogP contribution in [0.2, 0.25) is 0 Å². The highest BCUT2D eigenvalue weighted by atomic mass is 16.5. The van der Waals surface area contributed by atoms with Gasteiger partial charge in [-0.25, -0.2) is 9.59 Å². The molecule has 10 heteroatoms. The molecule has 0 aliphatic carbocycles. The average molecular weight is 478 g/mol. The number of aliphatic hydroxyl groups excluding tert-OH is 2. The Morgan fingerprint density at radius 3 is 1.35 bits per heavy atom. The number of ether oxygens (including phenoxy) is 2. The molecule has 0 aliphatic rings. The van der Waals surface area contributed by atoms with Crippen LogP contribution in [0.15, 0.2) is 49.6 Å². The van der Waals surface area contributed by atoms with Gasteiger partial charge in [0.1, 0.15) is 24.4 Å². The first-order chi connectivity index (χ1) is 15.7. The lowest BCUT2D eigenvalue weighted by Crippen LogP contribution is -2.39. The molecule has 10 nitrogen and oxygen atoms in total. The summed E-state index contributed by atoms with van der Waals surface area (Å²) in [6.45, 7) is 8.00. The molecule has 0 heterocycles. The molecule has 0 radical (unpaired) electrons. The van der Waals surface area contributed by atoms with E-state index in [1.165, 1.54) is 38.1 Å². The largest absolute Gasteiger partial charge is 0.459 e. The Labute approximate surface area is 197 Å². The Balaban J connectivity index is 2.58. The molecule has 186 valence electrons. The van der Waals surface area contributed by atoms with Crippen LogP contribution in [-0.4, -0.2) is 80.6 Å². The number of ketones is 2. The van der Waals surface area contributed by atoms with Gasteiger partial charge < -0.3 is 29.9 Å². The highest BCUT2D eigenvalue weighted by Gasteiger charge is 2.32. The normalized spacial score (nSPS) is 16.2. The summed E-state index contributed by atoms with van der Waals surface area (Å²) in [6, 6.07) is 5.14. The summed E-state index contributed by atoms with van der Waals surface area (Å²) in [7, 11) is 0. The first kappa shape index (κ1) is 28.9. The standard InChI is InChI=1S/C24H30O10/c1-5-19(27)23(3,31)11-17(25)13-33-21(29)15-7-9-16(10-8-15)22(30)34-14-18(26)12-24(4,32)20(28)6-2/h5-10,17-18,25-26,31-32H,1-2,11-14H2,3-4H3. The van der Waals surface area contributed by atoms with Gasteiger partial charge in [0, 0.05) is 12.8 Å². The van der Waals surface area contributed by atoms with Crippen molar-refractivity contribution in [2.75, 3.05) is 13.2 Å². The van der Waals surface area contributed by atoms with E-state index in [1.54, 1.807) is 0 Å². The van der Waals surface area contributed by atoms with E-state index in [4.69, 9.17) is 9.47 Å². The molecular weight excluding hydrogens is 448 g/mol. The average Bonchev–Trinajstić information content (AvgIpc) is 2.79. The molecule has 0 spiro atoms. The number of carbonyl (C=O) groups excluding carboxylic acids is 4. The van der Waals surface area contributed by atoms with Crippen LogP contribution in [0.1, 0.15) is 47.4 Å². The zero-order valence-electron chi connectivity index (χ0n) is 19.1. The zero-order valence-corrected chi connectivity index (χ0v) is 19.1. The van der Waals surface area contributed by atoms with Crippen molar-refractivity contribution in [3.05, 3.63) is 60.7 Å². The van der Waals surface area contributed by atoms with E-state index >= 15 is 0 Å². The summed E-state index contributed by atoms with van der Waals surface area (Å²) >= 11 is 0. The maximum absolute atomic E-state index is 12.1. The van der Waals surface area contributed by atoms with Gasteiger partial charge in [-0.05, 0) is 50.3 Å². The molecule has 34 heavy (non-hydrogen) atoms. The summed E-state index contributed by atoms with van der Waals surface area (Å²) in [5.74, 6) is -2.97. The predicted octanol–water partition coefficient (Wildman–Crippen LogP) is 0.514. The third-order valence-corrected chi connectivity index (χ3v) is 4.87. The van der Waals surface area contributed by atoms with Gasteiger partial charge in [0.15, 0.2) is 11.6 Å². The van der Waals surface area contributed by atoms with Crippen LogP contribution in [0.5, 0.6) is 0 Å². The SMILES string of the molecule is C=CC(=O)C(C)(O)CC(O)COC(=O)c1ccc(C(=O)OCC(O)CC(C)(O)C(=O)C=C)cc1. The van der Waals surface area contributed by atoms with Gasteiger partial charge in [-0.2, -0.15) is 0 Å². The fraction of sp³-hybridized carbons (Fsp3) is 0.417. The van der Waals surface area contributed by atoms with Crippen molar-refractivity contribution < 1.29 is 49.1 Å². The molecule has 0 bridgehead atoms. The molecule has 0 aliphatic heterocycles. The molecular formula is C24H30O10. The van der Waals surface area contributed by atoms with E-state index in [0.717, 1.165) is 12.2 Å². The van der Waals surface area contributed by atoms with Crippen LogP contribution in [0.4, 0.5) is 0 Å². The van der Waals surface area contributed by atoms with Crippen molar-refractivity contribution in [1.29, 1.82) is 0 Å². The lowest BCUT2D eigenvalue weighted by molar-refractivity contribution is -0.134. The number of benzene rings is 1. The van der Waals surface area contributed by atoms with Crippen molar-refractivity contribution in [3.8, 4) is 0 Å². The quantitative estimate of drug-likeness (QED) is 0.218. The van der Waals surface area contributed by atoms with E-state index in [0.29, 0.717) is 0 Å². The second-order valence-electron chi connectivity index (χ2n) is 8.17. The smallest absolute Gasteiger partial charge is 0.338 e. The van der Waals surface area contributed by atoms with Crippen molar-refractivity contribution in [2.24, 2.45) is 0 Å². The van der Waals surface area contributed by atoms with Crippen LogP contribution < -0.4 is 0 Å². The van der Waals surface area contributed by atoms with Gasteiger partial charge in [0.2, 0.25) is 0 Å². The lowest BCUT2D eigenvalue weighted by atomic mass is 9.94. The van der Waals surface area contributed by atoms with Crippen LogP contribution in [0.3, 0.4) is 0 Å². The van der Waals surface area contributed by atoms with Crippen LogP contribution in [0, 0.1) is 0 Å². The molecule has 0 fully saturated rings. The summed E-state index contributed by atoms with van der Waals surface area (Å²) < 4.78 is 9.92. The summed E-state index contributed by atoms with van der Waals surface area (Å²) in [6.07, 6.45) is -1.46. The zero-order chi connectivity index (χ0) is 26.1. The van der Waals surface area contributed by atoms with Gasteiger partial charge in [-0.15, -0.1) is 0 Å². The topological polar surface area (TPSA) is 168 Å². The fourth-order valence-corrected chi connectivity index (χ4v) is 2.93. The van der Waals surface area contributed by atoms with E-state index in [1.807, 2.05) is 0 Å². The summed E-state index contributed by atoms with van der Waals surface area (Å²) in [5, 5.41) is 39.8. The fourth-order valence-electron chi connectivity index (χ4n) is 2.93. The van der Waals surface area contributed by atoms with Crippen molar-refractivity contribution >= 4 is 23.5 Å². The second kappa shape index (κ2) is 12.3. The molecule has 0 aromatic heterocycles. The second-order valence-corrected chi connectivity index (χ2v) is 8.17. The minimum absolute atomic E-state index is 0.0664. The van der Waals surface area contributed by atoms with Crippen LogP contribution in [-0.2, 0) is 19.1 Å². The Kier molecular flexibility index (Phi) is 10.5. The van der Waals surface area contributed by atoms with Gasteiger partial charge in [-0.3, -0.25) is 9.59 Å². The van der Waals surface area contributed by atoms with Gasteiger partial charge in [-0.1, -0.05) is 13.2 Å². The Bertz CT molecular complexity index is 839. The van der Waals surface area contributed by atoms with Crippen molar-refractivity contribution in [3.63, 3.8) is 0 Å². The maximum atomic E-state index is 12.1. The number of hydrogen-bond acceptors (Lipinski definition) is 10. The molecule has 4 N–H and O–H groups in total. The van der Waals surface area contributed by atoms with Gasteiger partial charge >= 0.3 is 11.9 Å². The number of hydrogen-bond donors (Lipinski definition) is 4. The highest BCUT2D eigenvalue weighted by Crippen LogP contribution is 2.17. The first-order valence-electron chi connectivity index (χ1n) is 10.3. The third kappa shape index (κ3) is 8.64. The monoisotopic (exact) mass is 478 g/mol. The summed E-state index contributed by atoms with van der Waals surface area (Å²) in [4.78, 5) is 47.3. The minimum atomic E-state index is -1.85. The van der Waals surface area contributed by atoms with Crippen LogP contribution in [0.25, 0.3) is 0 Å². The molecule has 4 atom stereocenters. The lowest BCUT2D eigenvalue weighted by Gasteiger charge is -2.23. The van der Waals surface area contributed by atoms with Crippen LogP contribution >= 0.6 is 0 Å². The van der Waals surface area contributed by atoms with Gasteiger partial charge in [0.25, 0.3) is 0 Å². The molecule has 1 aromatic carbocycles. The molecule has 0 saturated heterocycles. The van der Waals surface area contributed by atoms with Gasteiger partial charge in [0.05, 0.1) is 23.3 Å². The van der Waals surface area contributed by atoms with Crippen molar-refractivity contribution in [1.82, 2.24) is 0 Å².